The van der Waals surface area contributed by atoms with Crippen molar-refractivity contribution >= 4 is 61.8 Å². The van der Waals surface area contributed by atoms with Crippen molar-refractivity contribution < 1.29 is 59.8 Å². The molecule has 0 amide bonds. The molecule has 0 aromatic heterocycles. The zero-order valence-electron chi connectivity index (χ0n) is 76.4. The lowest BCUT2D eigenvalue weighted by atomic mass is 9.94. The molecule has 2 rings (SSSR count). The predicted octanol–water partition coefficient (Wildman–Crippen LogP) is 28.5. The summed E-state index contributed by atoms with van der Waals surface area (Å²) in [7, 11) is -14.5. The monoisotopic (exact) mass is 1640 g/mol. The number of carbonyl (C=O) groups excluding carboxylic acids is 2. The Bertz CT molecular complexity index is 1970. The Labute approximate surface area is 683 Å². The third-order valence-electron chi connectivity index (χ3n) is 21.5. The van der Waals surface area contributed by atoms with Crippen LogP contribution >= 0.6 is 0 Å². The molecule has 0 aliphatic carbocycles. The molecule has 19 heteroatoms. The SMILES string of the molecule is CCCCCCCCCCCCCCC(CCCCCCCCCCCCCC)C(=O)OC[C@H]1O[C@H](O[C@H]2O[C@H](COC(=O)C(CCCCCCCCCCCCCC)CCCCCCCCCCCCCC)[C@@H](O[Si](C)(C)C)[C@H](O[Si](C)(C)C)[C@H]2O[Si](C)(C)C)[C@H](O[Si](C)(C)C)[C@@H](O[Si](C)(C)C)[C@@H]1O[Si](C)(C)C. The molecule has 0 saturated carbocycles. The van der Waals surface area contributed by atoms with Crippen molar-refractivity contribution in [2.45, 2.75) is 541 Å². The predicted molar refractivity (Wildman–Crippen MR) is 479 cm³/mol. The highest BCUT2D eigenvalue weighted by Crippen LogP contribution is 2.40. The molecule has 0 aromatic carbocycles. The van der Waals surface area contributed by atoms with Crippen LogP contribution in [-0.4, -0.2) is 136 Å². The summed E-state index contributed by atoms with van der Waals surface area (Å²) in [5.74, 6) is -0.706. The fourth-order valence-corrected chi connectivity index (χ4v) is 22.4. The summed E-state index contributed by atoms with van der Waals surface area (Å²) in [6.07, 6.45) is 56.8. The van der Waals surface area contributed by atoms with E-state index in [2.05, 4.69) is 146 Å². The normalized spacial score (nSPS) is 21.3. The van der Waals surface area contributed by atoms with Gasteiger partial charge in [-0.1, -0.05) is 336 Å². The van der Waals surface area contributed by atoms with E-state index in [9.17, 15) is 0 Å². The molecule has 0 bridgehead atoms. The van der Waals surface area contributed by atoms with Crippen molar-refractivity contribution in [1.29, 1.82) is 0 Å². The molecule has 2 fully saturated rings. The van der Waals surface area contributed by atoms with Crippen LogP contribution < -0.4 is 0 Å². The maximum absolute atomic E-state index is 15.1. The summed E-state index contributed by atoms with van der Waals surface area (Å²) < 4.78 is 80.4. The van der Waals surface area contributed by atoms with Crippen LogP contribution in [0.5, 0.6) is 0 Å². The van der Waals surface area contributed by atoms with Gasteiger partial charge in [-0.15, -0.1) is 0 Å². The molecule has 0 aromatic rings. The summed E-state index contributed by atoms with van der Waals surface area (Å²) in [6.45, 7) is 48.8. The van der Waals surface area contributed by atoms with E-state index in [-0.39, 0.29) is 37.0 Å². The van der Waals surface area contributed by atoms with Crippen LogP contribution in [0.25, 0.3) is 0 Å². The minimum Gasteiger partial charge on any atom is -0.463 e. The quantitative estimate of drug-likeness (QED) is 0.0325. The third-order valence-corrected chi connectivity index (χ3v) is 27.3. The van der Waals surface area contributed by atoms with E-state index in [1.807, 2.05) is 0 Å². The van der Waals surface area contributed by atoms with E-state index < -0.39 is 111 Å². The van der Waals surface area contributed by atoms with Gasteiger partial charge >= 0.3 is 11.9 Å². The number of rotatable bonds is 72. The highest BCUT2D eigenvalue weighted by atomic mass is 28.4. The fraction of sp³-hybridized carbons (Fsp3) is 0.978. The average Bonchev–Trinajstić information content (AvgIpc) is 0.761. The molecule has 0 N–H and O–H groups in total. The number of carbonyl (C=O) groups is 2. The molecule has 648 valence electrons. The molecule has 2 saturated heterocycles. The van der Waals surface area contributed by atoms with E-state index >= 15 is 9.59 Å². The Balaban J connectivity index is 2.70. The van der Waals surface area contributed by atoms with Gasteiger partial charge in [-0.25, -0.2) is 0 Å². The van der Waals surface area contributed by atoms with E-state index in [4.69, 9.17) is 50.2 Å². The first kappa shape index (κ1) is 105. The number of unbranched alkanes of at least 4 members (excludes halogenated alkanes) is 44. The van der Waals surface area contributed by atoms with Gasteiger partial charge in [-0.3, -0.25) is 9.59 Å². The fourth-order valence-electron chi connectivity index (χ4n) is 15.9. The molecule has 13 nitrogen and oxygen atoms in total. The zero-order chi connectivity index (χ0) is 81.0. The molecule has 2 heterocycles. The van der Waals surface area contributed by atoms with Crippen molar-refractivity contribution in [1.82, 2.24) is 0 Å². The topological polar surface area (TPSA) is 136 Å². The van der Waals surface area contributed by atoms with E-state index in [1.165, 1.54) is 257 Å². The van der Waals surface area contributed by atoms with Gasteiger partial charge in [0.15, 0.2) is 62.5 Å². The number of hydrogen-bond donors (Lipinski definition) is 0. The maximum atomic E-state index is 15.1. The second kappa shape index (κ2) is 60.4. The van der Waals surface area contributed by atoms with Crippen LogP contribution in [0.1, 0.15) is 362 Å². The van der Waals surface area contributed by atoms with Gasteiger partial charge in [0.05, 0.1) is 11.8 Å². The lowest BCUT2D eigenvalue weighted by Gasteiger charge is -2.53. The van der Waals surface area contributed by atoms with Gasteiger partial charge in [-0.05, 0) is 144 Å². The van der Waals surface area contributed by atoms with Crippen LogP contribution in [0.4, 0.5) is 0 Å². The van der Waals surface area contributed by atoms with E-state index in [1.54, 1.807) is 0 Å². The van der Waals surface area contributed by atoms with Gasteiger partial charge in [0.1, 0.15) is 62.0 Å². The minimum absolute atomic E-state index is 0.0292. The van der Waals surface area contributed by atoms with Gasteiger partial charge in [-0.2, -0.15) is 0 Å². The first-order valence-corrected chi connectivity index (χ1v) is 67.4. The molecule has 10 atom stereocenters. The molecular formula is C90H186O13Si6. The first-order chi connectivity index (χ1) is 51.6. The standard InChI is InChI=1S/C90H186O13Si6/c1-23-27-31-35-39-43-47-51-55-59-63-67-71-77(72-68-64-60-56-52-48-44-40-36-32-28-24-2)87(91)93-75-79-81(98-104(5,6)7)83(100-106(11,12)13)85(102-108(17,18)19)89(95-79)97-90-86(103-109(20,21)22)84(101-107(14,15)16)82(99-105(8,9)10)80(96-90)76-94-88(92)78(73-69-65-61-57-53-49-45-41-37-33-29-25-3)74-70-66-62-58-54-50-46-42-38-34-30-26-4/h77-86,89-90H,23-76H2,1-22H3/t79-,80-,81-,82-,83+,84+,85-,86-,89-,90-/m1/s1. The summed E-state index contributed by atoms with van der Waals surface area (Å²) >= 11 is 0. The smallest absolute Gasteiger partial charge is 0.309 e. The van der Waals surface area contributed by atoms with Gasteiger partial charge in [0.25, 0.3) is 0 Å². The van der Waals surface area contributed by atoms with E-state index in [0.29, 0.717) is 0 Å². The van der Waals surface area contributed by atoms with E-state index in [0.717, 1.165) is 77.0 Å². The minimum atomic E-state index is -2.45. The lowest BCUT2D eigenvalue weighted by Crippen LogP contribution is -2.69. The summed E-state index contributed by atoms with van der Waals surface area (Å²) in [4.78, 5) is 30.1. The van der Waals surface area contributed by atoms with Gasteiger partial charge < -0.3 is 50.2 Å². The first-order valence-electron chi connectivity index (χ1n) is 47.0. The van der Waals surface area contributed by atoms with Crippen LogP contribution in [-0.2, 0) is 59.8 Å². The molecule has 0 radical (unpaired) electrons. The van der Waals surface area contributed by atoms with Gasteiger partial charge in [0, 0.05) is 0 Å². The number of hydrogen-bond acceptors (Lipinski definition) is 13. The number of esters is 2. The molecule has 2 aliphatic heterocycles. The lowest BCUT2D eigenvalue weighted by molar-refractivity contribution is -0.368. The highest BCUT2D eigenvalue weighted by molar-refractivity contribution is 6.71. The Morgan fingerprint density at radius 1 is 0.239 bits per heavy atom. The Hall–Kier alpha value is -0.119. The molecule has 0 unspecified atom stereocenters. The molecule has 109 heavy (non-hydrogen) atoms. The summed E-state index contributed by atoms with van der Waals surface area (Å²) in [6, 6.07) is 0. The van der Waals surface area contributed by atoms with Crippen LogP contribution in [0.15, 0.2) is 0 Å². The second-order valence-corrected chi connectivity index (χ2v) is 66.5. The highest BCUT2D eigenvalue weighted by Gasteiger charge is 2.57. The molecule has 2 aliphatic rings. The van der Waals surface area contributed by atoms with Crippen LogP contribution in [0.2, 0.25) is 118 Å². The van der Waals surface area contributed by atoms with Crippen molar-refractivity contribution in [3.8, 4) is 0 Å². The largest absolute Gasteiger partial charge is 0.463 e. The Morgan fingerprint density at radius 2 is 0.404 bits per heavy atom. The van der Waals surface area contributed by atoms with Crippen LogP contribution in [0, 0.1) is 11.8 Å². The third kappa shape index (κ3) is 55.3. The summed E-state index contributed by atoms with van der Waals surface area (Å²) in [5.41, 5.74) is 0. The second-order valence-electron chi connectivity index (χ2n) is 39.8. The molecular weight excluding hydrogens is 1460 g/mol. The zero-order valence-corrected chi connectivity index (χ0v) is 82.4. The van der Waals surface area contributed by atoms with Crippen molar-refractivity contribution in [3.05, 3.63) is 0 Å². The van der Waals surface area contributed by atoms with Crippen molar-refractivity contribution in [2.24, 2.45) is 11.8 Å². The van der Waals surface area contributed by atoms with Crippen LogP contribution in [0.3, 0.4) is 0 Å². The maximum Gasteiger partial charge on any atom is 0.309 e. The Morgan fingerprint density at radius 3 is 0.587 bits per heavy atom. The van der Waals surface area contributed by atoms with Crippen molar-refractivity contribution in [2.75, 3.05) is 13.2 Å². The summed E-state index contributed by atoms with van der Waals surface area (Å²) in [5, 5.41) is 0. The van der Waals surface area contributed by atoms with Gasteiger partial charge in [0.2, 0.25) is 0 Å². The molecule has 0 spiro atoms. The average molecular weight is 1640 g/mol. The van der Waals surface area contributed by atoms with Crippen molar-refractivity contribution in [3.63, 3.8) is 0 Å². The Kier molecular flexibility index (Phi) is 58.1. The number of ether oxygens (including phenoxy) is 5.